The highest BCUT2D eigenvalue weighted by molar-refractivity contribution is 5.91. The fourth-order valence-electron chi connectivity index (χ4n) is 3.74. The summed E-state index contributed by atoms with van der Waals surface area (Å²) in [5, 5.41) is 0. The Balaban J connectivity index is 1.65. The third kappa shape index (κ3) is 3.75. The fourth-order valence-corrected chi connectivity index (χ4v) is 3.74. The van der Waals surface area contributed by atoms with Crippen LogP contribution in [0.2, 0.25) is 0 Å². The molecule has 3 rings (SSSR count). The molecule has 1 aromatic carbocycles. The van der Waals surface area contributed by atoms with E-state index in [-0.39, 0.29) is 10.8 Å². The highest BCUT2D eigenvalue weighted by Crippen LogP contribution is 2.50. The van der Waals surface area contributed by atoms with E-state index in [9.17, 15) is 4.79 Å². The van der Waals surface area contributed by atoms with Crippen molar-refractivity contribution in [3.63, 3.8) is 0 Å². The van der Waals surface area contributed by atoms with Crippen molar-refractivity contribution in [3.8, 4) is 12.3 Å². The van der Waals surface area contributed by atoms with Crippen LogP contribution in [0.1, 0.15) is 51.2 Å². The van der Waals surface area contributed by atoms with Crippen molar-refractivity contribution < 1.29 is 4.79 Å². The molecule has 1 aliphatic carbocycles. The van der Waals surface area contributed by atoms with E-state index in [1.165, 1.54) is 11.1 Å². The lowest BCUT2D eigenvalue weighted by Crippen LogP contribution is -2.51. The second-order valence-electron chi connectivity index (χ2n) is 8.50. The van der Waals surface area contributed by atoms with Crippen LogP contribution in [0.4, 0.5) is 0 Å². The van der Waals surface area contributed by atoms with Gasteiger partial charge >= 0.3 is 0 Å². The Bertz CT molecular complexity index is 651. The maximum absolute atomic E-state index is 13.2. The lowest BCUT2D eigenvalue weighted by atomic mass is 9.84. The van der Waals surface area contributed by atoms with Crippen LogP contribution in [0, 0.1) is 12.3 Å². The van der Waals surface area contributed by atoms with Gasteiger partial charge in [-0.3, -0.25) is 9.69 Å². The molecule has 0 aromatic heterocycles. The van der Waals surface area contributed by atoms with Crippen molar-refractivity contribution in [1.82, 2.24) is 9.80 Å². The smallest absolute Gasteiger partial charge is 0.233 e. The van der Waals surface area contributed by atoms with Gasteiger partial charge in [-0.25, -0.2) is 0 Å². The minimum Gasteiger partial charge on any atom is -0.339 e. The van der Waals surface area contributed by atoms with Gasteiger partial charge in [-0.2, -0.15) is 0 Å². The predicted octanol–water partition coefficient (Wildman–Crippen LogP) is 3.18. The van der Waals surface area contributed by atoms with Crippen LogP contribution in [0.15, 0.2) is 24.3 Å². The molecule has 134 valence electrons. The van der Waals surface area contributed by atoms with Crippen LogP contribution in [-0.2, 0) is 15.6 Å². The first-order valence-electron chi connectivity index (χ1n) is 9.43. The molecule has 0 spiro atoms. The van der Waals surface area contributed by atoms with Gasteiger partial charge in [0.2, 0.25) is 5.91 Å². The molecule has 0 radical (unpaired) electrons. The summed E-state index contributed by atoms with van der Waals surface area (Å²) in [6, 6.07) is 8.74. The van der Waals surface area contributed by atoms with Crippen LogP contribution in [0.5, 0.6) is 0 Å². The average Bonchev–Trinajstić information content (AvgIpc) is 3.41. The number of benzene rings is 1. The molecule has 1 saturated heterocycles. The number of nitrogens with zero attached hydrogens (tertiary/aromatic N) is 2. The molecule has 0 atom stereocenters. The Labute approximate surface area is 152 Å². The van der Waals surface area contributed by atoms with Crippen molar-refractivity contribution in [1.29, 1.82) is 0 Å². The van der Waals surface area contributed by atoms with Gasteiger partial charge in [0.25, 0.3) is 0 Å². The molecule has 3 heteroatoms. The number of carbonyl (C=O) groups is 1. The molecule has 1 aliphatic heterocycles. The number of terminal acetylenes is 1. The summed E-state index contributed by atoms with van der Waals surface area (Å²) in [5.41, 5.74) is 2.41. The summed E-state index contributed by atoms with van der Waals surface area (Å²) in [5.74, 6) is 3.02. The minimum atomic E-state index is -0.253. The highest BCUT2D eigenvalue weighted by Gasteiger charge is 2.53. The third-order valence-corrected chi connectivity index (χ3v) is 5.69. The lowest BCUT2D eigenvalue weighted by molar-refractivity contribution is -0.135. The standard InChI is InChI=1S/C22H30N2O/c1-5-6-13-23-14-16-24(17-15-23)20(25)22(11-12-22)19-9-7-18(8-10-19)21(2,3)4/h1,7-10H,6,11-17H2,2-4H3. The van der Waals surface area contributed by atoms with E-state index >= 15 is 0 Å². The molecule has 1 saturated carbocycles. The average molecular weight is 338 g/mol. The first-order chi connectivity index (χ1) is 11.9. The van der Waals surface area contributed by atoms with E-state index < -0.39 is 0 Å². The molecule has 25 heavy (non-hydrogen) atoms. The molecule has 0 N–H and O–H groups in total. The number of carbonyl (C=O) groups excluding carboxylic acids is 1. The second-order valence-corrected chi connectivity index (χ2v) is 8.50. The first-order valence-corrected chi connectivity index (χ1v) is 9.43. The van der Waals surface area contributed by atoms with E-state index in [0.717, 1.165) is 52.0 Å². The number of rotatable bonds is 4. The maximum Gasteiger partial charge on any atom is 0.233 e. The zero-order valence-corrected chi connectivity index (χ0v) is 15.8. The summed E-state index contributed by atoms with van der Waals surface area (Å²) in [4.78, 5) is 17.6. The normalized spacial score (nSPS) is 20.2. The molecule has 1 heterocycles. The van der Waals surface area contributed by atoms with Gasteiger partial charge in [-0.15, -0.1) is 12.3 Å². The summed E-state index contributed by atoms with van der Waals surface area (Å²) in [6.45, 7) is 11.1. The van der Waals surface area contributed by atoms with E-state index in [1.807, 2.05) is 0 Å². The van der Waals surface area contributed by atoms with Crippen molar-refractivity contribution in [2.45, 2.75) is 50.9 Å². The zero-order chi connectivity index (χ0) is 18.1. The topological polar surface area (TPSA) is 23.6 Å². The summed E-state index contributed by atoms with van der Waals surface area (Å²) in [6.07, 6.45) is 8.11. The number of hydrogen-bond acceptors (Lipinski definition) is 2. The van der Waals surface area contributed by atoms with Crippen LogP contribution in [0.25, 0.3) is 0 Å². The Morgan fingerprint density at radius 2 is 1.72 bits per heavy atom. The zero-order valence-electron chi connectivity index (χ0n) is 15.8. The number of piperazine rings is 1. The van der Waals surface area contributed by atoms with Crippen LogP contribution in [0.3, 0.4) is 0 Å². The quantitative estimate of drug-likeness (QED) is 0.787. The molecule has 3 nitrogen and oxygen atoms in total. The molecule has 1 amide bonds. The number of hydrogen-bond donors (Lipinski definition) is 0. The Kier molecular flexibility index (Phi) is 4.93. The summed E-state index contributed by atoms with van der Waals surface area (Å²) < 4.78 is 0. The third-order valence-electron chi connectivity index (χ3n) is 5.69. The van der Waals surface area contributed by atoms with E-state index in [4.69, 9.17) is 6.42 Å². The summed E-state index contributed by atoms with van der Waals surface area (Å²) in [7, 11) is 0. The van der Waals surface area contributed by atoms with Gasteiger partial charge in [0.1, 0.15) is 0 Å². The Morgan fingerprint density at radius 1 is 1.12 bits per heavy atom. The van der Waals surface area contributed by atoms with Crippen LogP contribution in [-0.4, -0.2) is 48.4 Å². The molecule has 0 bridgehead atoms. The summed E-state index contributed by atoms with van der Waals surface area (Å²) >= 11 is 0. The van der Waals surface area contributed by atoms with E-state index in [1.54, 1.807) is 0 Å². The predicted molar refractivity (Wildman–Crippen MR) is 103 cm³/mol. The largest absolute Gasteiger partial charge is 0.339 e. The molecular formula is C22H30N2O. The van der Waals surface area contributed by atoms with Crippen molar-refractivity contribution in [2.75, 3.05) is 32.7 Å². The van der Waals surface area contributed by atoms with Gasteiger partial charge in [0.15, 0.2) is 0 Å². The Morgan fingerprint density at radius 3 is 2.20 bits per heavy atom. The van der Waals surface area contributed by atoms with E-state index in [2.05, 4.69) is 60.8 Å². The van der Waals surface area contributed by atoms with Crippen LogP contribution >= 0.6 is 0 Å². The van der Waals surface area contributed by atoms with Gasteiger partial charge in [-0.05, 0) is 29.4 Å². The highest BCUT2D eigenvalue weighted by atomic mass is 16.2. The van der Waals surface area contributed by atoms with Crippen molar-refractivity contribution >= 4 is 5.91 Å². The maximum atomic E-state index is 13.2. The monoisotopic (exact) mass is 338 g/mol. The first kappa shape index (κ1) is 18.0. The SMILES string of the molecule is C#CCCN1CCN(C(=O)C2(c3ccc(C(C)(C)C)cc3)CC2)CC1. The van der Waals surface area contributed by atoms with Crippen LogP contribution < -0.4 is 0 Å². The van der Waals surface area contributed by atoms with Gasteiger partial charge in [0.05, 0.1) is 5.41 Å². The van der Waals surface area contributed by atoms with Gasteiger partial charge < -0.3 is 4.90 Å². The second kappa shape index (κ2) is 6.84. The molecule has 2 fully saturated rings. The van der Waals surface area contributed by atoms with Gasteiger partial charge in [0, 0.05) is 39.1 Å². The number of amides is 1. The van der Waals surface area contributed by atoms with Gasteiger partial charge in [-0.1, -0.05) is 45.0 Å². The molecule has 1 aromatic rings. The molecule has 0 unspecified atom stereocenters. The van der Waals surface area contributed by atoms with E-state index in [0.29, 0.717) is 5.91 Å². The van der Waals surface area contributed by atoms with Crippen molar-refractivity contribution in [3.05, 3.63) is 35.4 Å². The van der Waals surface area contributed by atoms with Crippen molar-refractivity contribution in [2.24, 2.45) is 0 Å². The molecule has 2 aliphatic rings. The molecular weight excluding hydrogens is 308 g/mol. The fraction of sp³-hybridized carbons (Fsp3) is 0.591. The lowest BCUT2D eigenvalue weighted by Gasteiger charge is -2.36. The minimum absolute atomic E-state index is 0.147. The Hall–Kier alpha value is -1.79.